The molecule has 1 aromatic carbocycles. The third kappa shape index (κ3) is 6.92. The maximum absolute atomic E-state index is 12.9. The first-order valence-corrected chi connectivity index (χ1v) is 7.59. The highest BCUT2D eigenvalue weighted by molar-refractivity contribution is 9.10. The highest BCUT2D eigenvalue weighted by Crippen LogP contribution is 2.25. The smallest absolute Gasteiger partial charge is 0.133 e. The molecular weight excluding hydrogens is 309 g/mol. The second-order valence-corrected chi connectivity index (χ2v) is 6.10. The molecule has 0 aliphatic rings. The summed E-state index contributed by atoms with van der Waals surface area (Å²) < 4.78 is 19.1. The lowest BCUT2D eigenvalue weighted by Gasteiger charge is -2.15. The zero-order valence-electron chi connectivity index (χ0n) is 11.9. The summed E-state index contributed by atoms with van der Waals surface area (Å²) in [4.78, 5) is 0. The molecule has 0 radical (unpaired) electrons. The Balaban J connectivity index is 2.20. The average molecular weight is 332 g/mol. The second-order valence-electron chi connectivity index (χ2n) is 5.25. The zero-order chi connectivity index (χ0) is 14.3. The van der Waals surface area contributed by atoms with Gasteiger partial charge in [0.1, 0.15) is 18.2 Å². The maximum Gasteiger partial charge on any atom is 0.133 e. The fourth-order valence-electron chi connectivity index (χ4n) is 1.74. The van der Waals surface area contributed by atoms with Crippen molar-refractivity contribution in [1.82, 2.24) is 5.32 Å². The largest absolute Gasteiger partial charge is 0.491 e. The van der Waals surface area contributed by atoms with E-state index in [0.717, 1.165) is 12.5 Å². The van der Waals surface area contributed by atoms with E-state index in [1.165, 1.54) is 25.0 Å². The Kier molecular flexibility index (Phi) is 7.39. The van der Waals surface area contributed by atoms with E-state index in [1.54, 1.807) is 6.07 Å². The lowest BCUT2D eigenvalue weighted by atomic mass is 10.0. The van der Waals surface area contributed by atoms with Gasteiger partial charge >= 0.3 is 0 Å². The Morgan fingerprint density at radius 3 is 2.63 bits per heavy atom. The van der Waals surface area contributed by atoms with Gasteiger partial charge in [-0.05, 0) is 59.8 Å². The molecule has 1 aromatic rings. The molecule has 1 unspecified atom stereocenters. The minimum Gasteiger partial charge on any atom is -0.491 e. The standard InChI is InChI=1S/C15H23BrFNO/c1-11(2)4-5-12(3)18-8-9-19-15-7-6-13(17)10-14(15)16/h6-7,10-12,18H,4-5,8-9H2,1-3H3. The van der Waals surface area contributed by atoms with Crippen LogP contribution in [0.4, 0.5) is 4.39 Å². The molecule has 0 amide bonds. The number of rotatable bonds is 8. The molecule has 108 valence electrons. The predicted octanol–water partition coefficient (Wildman–Crippen LogP) is 4.38. The molecule has 0 heterocycles. The van der Waals surface area contributed by atoms with Crippen LogP contribution in [-0.4, -0.2) is 19.2 Å². The molecule has 0 spiro atoms. The fraction of sp³-hybridized carbons (Fsp3) is 0.600. The molecule has 1 rings (SSSR count). The van der Waals surface area contributed by atoms with Gasteiger partial charge in [-0.2, -0.15) is 0 Å². The molecule has 0 bridgehead atoms. The number of halogens is 2. The van der Waals surface area contributed by atoms with Crippen LogP contribution in [0, 0.1) is 11.7 Å². The van der Waals surface area contributed by atoms with Crippen LogP contribution in [0.1, 0.15) is 33.6 Å². The normalized spacial score (nSPS) is 12.7. The van der Waals surface area contributed by atoms with Crippen LogP contribution < -0.4 is 10.1 Å². The molecule has 0 saturated heterocycles. The van der Waals surface area contributed by atoms with Gasteiger partial charge in [0.2, 0.25) is 0 Å². The number of nitrogens with one attached hydrogen (secondary N) is 1. The third-order valence-corrected chi connectivity index (χ3v) is 3.54. The molecule has 19 heavy (non-hydrogen) atoms. The van der Waals surface area contributed by atoms with Crippen molar-refractivity contribution in [2.45, 2.75) is 39.7 Å². The summed E-state index contributed by atoms with van der Waals surface area (Å²) in [7, 11) is 0. The van der Waals surface area contributed by atoms with Gasteiger partial charge in [-0.1, -0.05) is 13.8 Å². The summed E-state index contributed by atoms with van der Waals surface area (Å²) >= 11 is 3.28. The van der Waals surface area contributed by atoms with E-state index in [9.17, 15) is 4.39 Å². The quantitative estimate of drug-likeness (QED) is 0.713. The Bertz CT molecular complexity index is 384. The third-order valence-electron chi connectivity index (χ3n) is 2.92. The summed E-state index contributed by atoms with van der Waals surface area (Å²) in [5, 5.41) is 3.42. The van der Waals surface area contributed by atoms with Crippen molar-refractivity contribution in [1.29, 1.82) is 0 Å². The van der Waals surface area contributed by atoms with Crippen LogP contribution in [-0.2, 0) is 0 Å². The number of hydrogen-bond donors (Lipinski definition) is 1. The summed E-state index contributed by atoms with van der Waals surface area (Å²) in [6.45, 7) is 8.04. The zero-order valence-corrected chi connectivity index (χ0v) is 13.5. The first kappa shape index (κ1) is 16.4. The van der Waals surface area contributed by atoms with E-state index in [2.05, 4.69) is 42.0 Å². The molecule has 0 fully saturated rings. The van der Waals surface area contributed by atoms with E-state index < -0.39 is 0 Å². The predicted molar refractivity (Wildman–Crippen MR) is 81.1 cm³/mol. The number of benzene rings is 1. The first-order chi connectivity index (χ1) is 8.99. The van der Waals surface area contributed by atoms with Crippen LogP contribution in [0.3, 0.4) is 0 Å². The van der Waals surface area contributed by atoms with Crippen LogP contribution in [0.5, 0.6) is 5.75 Å². The van der Waals surface area contributed by atoms with Gasteiger partial charge in [0.15, 0.2) is 0 Å². The fourth-order valence-corrected chi connectivity index (χ4v) is 2.21. The topological polar surface area (TPSA) is 21.3 Å². The number of ether oxygens (including phenoxy) is 1. The van der Waals surface area contributed by atoms with E-state index >= 15 is 0 Å². The van der Waals surface area contributed by atoms with Crippen LogP contribution in [0.15, 0.2) is 22.7 Å². The molecule has 1 N–H and O–H groups in total. The molecule has 1 atom stereocenters. The Labute approximate surface area is 123 Å². The van der Waals surface area contributed by atoms with Crippen molar-refractivity contribution in [3.05, 3.63) is 28.5 Å². The van der Waals surface area contributed by atoms with Gasteiger partial charge in [-0.3, -0.25) is 0 Å². The summed E-state index contributed by atoms with van der Waals surface area (Å²) in [5.74, 6) is 1.16. The highest BCUT2D eigenvalue weighted by Gasteiger charge is 2.04. The van der Waals surface area contributed by atoms with Crippen molar-refractivity contribution in [3.63, 3.8) is 0 Å². The maximum atomic E-state index is 12.9. The highest BCUT2D eigenvalue weighted by atomic mass is 79.9. The van der Waals surface area contributed by atoms with Gasteiger partial charge in [-0.25, -0.2) is 4.39 Å². The Morgan fingerprint density at radius 2 is 2.00 bits per heavy atom. The molecule has 0 saturated carbocycles. The Hall–Kier alpha value is -0.610. The van der Waals surface area contributed by atoms with Gasteiger partial charge in [0.05, 0.1) is 4.47 Å². The summed E-state index contributed by atoms with van der Waals surface area (Å²) in [6.07, 6.45) is 2.41. The van der Waals surface area contributed by atoms with E-state index in [0.29, 0.717) is 22.9 Å². The molecule has 2 nitrogen and oxygen atoms in total. The molecular formula is C15H23BrFNO. The molecule has 4 heteroatoms. The second kappa shape index (κ2) is 8.54. The monoisotopic (exact) mass is 331 g/mol. The van der Waals surface area contributed by atoms with Gasteiger partial charge in [-0.15, -0.1) is 0 Å². The lowest BCUT2D eigenvalue weighted by Crippen LogP contribution is -2.30. The van der Waals surface area contributed by atoms with Crippen LogP contribution >= 0.6 is 15.9 Å². The Morgan fingerprint density at radius 1 is 1.26 bits per heavy atom. The molecule has 0 aliphatic carbocycles. The van der Waals surface area contributed by atoms with Gasteiger partial charge < -0.3 is 10.1 Å². The molecule has 0 aliphatic heterocycles. The van der Waals surface area contributed by atoms with Crippen LogP contribution in [0.25, 0.3) is 0 Å². The van der Waals surface area contributed by atoms with Crippen LogP contribution in [0.2, 0.25) is 0 Å². The minimum absolute atomic E-state index is 0.264. The lowest BCUT2D eigenvalue weighted by molar-refractivity contribution is 0.301. The van der Waals surface area contributed by atoms with E-state index in [4.69, 9.17) is 4.74 Å². The van der Waals surface area contributed by atoms with Crippen molar-refractivity contribution in [2.75, 3.05) is 13.2 Å². The first-order valence-electron chi connectivity index (χ1n) is 6.80. The van der Waals surface area contributed by atoms with Crippen molar-refractivity contribution >= 4 is 15.9 Å². The molecule has 0 aromatic heterocycles. The minimum atomic E-state index is -0.264. The van der Waals surface area contributed by atoms with Crippen molar-refractivity contribution < 1.29 is 9.13 Å². The van der Waals surface area contributed by atoms with E-state index in [1.807, 2.05) is 0 Å². The van der Waals surface area contributed by atoms with E-state index in [-0.39, 0.29) is 5.82 Å². The SMILES string of the molecule is CC(C)CCC(C)NCCOc1ccc(F)cc1Br. The van der Waals surface area contributed by atoms with Gasteiger partial charge in [0, 0.05) is 12.6 Å². The van der Waals surface area contributed by atoms with Crippen molar-refractivity contribution in [3.8, 4) is 5.75 Å². The summed E-state index contributed by atoms with van der Waals surface area (Å²) in [5.41, 5.74) is 0. The van der Waals surface area contributed by atoms with Crippen molar-refractivity contribution in [2.24, 2.45) is 5.92 Å². The van der Waals surface area contributed by atoms with Gasteiger partial charge in [0.25, 0.3) is 0 Å². The average Bonchev–Trinajstić information content (AvgIpc) is 2.34. The summed E-state index contributed by atoms with van der Waals surface area (Å²) in [6, 6.07) is 4.96. The number of hydrogen-bond acceptors (Lipinski definition) is 2.